The van der Waals surface area contributed by atoms with Crippen molar-refractivity contribution in [3.8, 4) is 5.82 Å². The van der Waals surface area contributed by atoms with Crippen LogP contribution in [0.5, 0.6) is 0 Å². The summed E-state index contributed by atoms with van der Waals surface area (Å²) in [6, 6.07) is 6.14. The fraction of sp³-hybridized carbons (Fsp3) is 0.500. The molecule has 3 heterocycles. The van der Waals surface area contributed by atoms with Gasteiger partial charge in [0.15, 0.2) is 11.8 Å². The van der Waals surface area contributed by atoms with E-state index in [1.165, 1.54) is 12.8 Å². The first-order valence-electron chi connectivity index (χ1n) is 8.69. The van der Waals surface area contributed by atoms with Gasteiger partial charge in [-0.2, -0.15) is 5.10 Å². The van der Waals surface area contributed by atoms with Crippen LogP contribution in [0.4, 0.5) is 0 Å². The summed E-state index contributed by atoms with van der Waals surface area (Å²) in [5, 5.41) is 7.85. The van der Waals surface area contributed by atoms with Gasteiger partial charge in [0.1, 0.15) is 0 Å². The lowest BCUT2D eigenvalue weighted by Crippen LogP contribution is -2.39. The summed E-state index contributed by atoms with van der Waals surface area (Å²) < 4.78 is 1.87. The maximum atomic E-state index is 4.76. The topological polar surface area (TPSA) is 58.3 Å². The highest BCUT2D eigenvalue weighted by atomic mass is 15.3. The van der Waals surface area contributed by atoms with Crippen LogP contribution >= 0.6 is 0 Å². The maximum Gasteiger partial charge on any atom is 0.194 e. The summed E-state index contributed by atoms with van der Waals surface area (Å²) in [5.74, 6) is 1.86. The van der Waals surface area contributed by atoms with Crippen LogP contribution in [-0.2, 0) is 6.54 Å². The molecule has 1 aliphatic heterocycles. The standard InChI is InChI=1S/C18H26N6/c1-4-19-18(23-9-5-6-10-23)21-13-16-7-8-17(20-12-16)24-15(3)11-14(2)22-24/h7-8,11-12H,4-6,9-10,13H2,1-3H3,(H,19,21). The van der Waals surface area contributed by atoms with E-state index in [1.54, 1.807) is 0 Å². The molecule has 0 unspecified atom stereocenters. The Morgan fingerprint density at radius 1 is 1.25 bits per heavy atom. The van der Waals surface area contributed by atoms with Crippen molar-refractivity contribution in [2.24, 2.45) is 4.99 Å². The molecule has 2 aromatic heterocycles. The van der Waals surface area contributed by atoms with Crippen molar-refractivity contribution in [1.29, 1.82) is 0 Å². The number of nitrogens with one attached hydrogen (secondary N) is 1. The minimum atomic E-state index is 0.642. The molecule has 24 heavy (non-hydrogen) atoms. The molecular formula is C18H26N6. The number of aliphatic imine (C=N–C) groups is 1. The summed E-state index contributed by atoms with van der Waals surface area (Å²) in [7, 11) is 0. The van der Waals surface area contributed by atoms with Crippen molar-refractivity contribution in [2.75, 3.05) is 19.6 Å². The number of hydrogen-bond acceptors (Lipinski definition) is 3. The van der Waals surface area contributed by atoms with Crippen LogP contribution in [0.25, 0.3) is 5.82 Å². The second-order valence-corrected chi connectivity index (χ2v) is 6.23. The molecular weight excluding hydrogens is 300 g/mol. The van der Waals surface area contributed by atoms with E-state index in [0.29, 0.717) is 6.54 Å². The monoisotopic (exact) mass is 326 g/mol. The van der Waals surface area contributed by atoms with Gasteiger partial charge in [-0.15, -0.1) is 0 Å². The van der Waals surface area contributed by atoms with Crippen LogP contribution < -0.4 is 5.32 Å². The van der Waals surface area contributed by atoms with Crippen LogP contribution in [0.3, 0.4) is 0 Å². The normalized spacial score (nSPS) is 15.1. The van der Waals surface area contributed by atoms with Crippen molar-refractivity contribution >= 4 is 5.96 Å². The molecule has 0 aromatic carbocycles. The fourth-order valence-electron chi connectivity index (χ4n) is 3.02. The minimum Gasteiger partial charge on any atom is -0.357 e. The van der Waals surface area contributed by atoms with Crippen LogP contribution in [-0.4, -0.2) is 45.3 Å². The molecule has 0 atom stereocenters. The second kappa shape index (κ2) is 7.47. The molecule has 0 aliphatic carbocycles. The van der Waals surface area contributed by atoms with E-state index >= 15 is 0 Å². The Labute approximate surface area is 143 Å². The zero-order chi connectivity index (χ0) is 16.9. The Morgan fingerprint density at radius 2 is 2.04 bits per heavy atom. The van der Waals surface area contributed by atoms with E-state index in [4.69, 9.17) is 4.99 Å². The Balaban J connectivity index is 1.71. The molecule has 0 amide bonds. The van der Waals surface area contributed by atoms with Gasteiger partial charge in [-0.25, -0.2) is 14.7 Å². The van der Waals surface area contributed by atoms with Crippen molar-refractivity contribution in [3.05, 3.63) is 41.3 Å². The second-order valence-electron chi connectivity index (χ2n) is 6.23. The van der Waals surface area contributed by atoms with Crippen LogP contribution in [0, 0.1) is 13.8 Å². The van der Waals surface area contributed by atoms with Gasteiger partial charge in [-0.3, -0.25) is 0 Å². The zero-order valence-electron chi connectivity index (χ0n) is 14.8. The molecule has 0 spiro atoms. The van der Waals surface area contributed by atoms with Crippen LogP contribution in [0.2, 0.25) is 0 Å². The van der Waals surface area contributed by atoms with Crippen LogP contribution in [0.15, 0.2) is 29.4 Å². The maximum absolute atomic E-state index is 4.76. The molecule has 6 heteroatoms. The van der Waals surface area contributed by atoms with E-state index in [9.17, 15) is 0 Å². The Bertz CT molecular complexity index is 695. The summed E-state index contributed by atoms with van der Waals surface area (Å²) >= 11 is 0. The molecule has 6 nitrogen and oxygen atoms in total. The summed E-state index contributed by atoms with van der Waals surface area (Å²) in [4.78, 5) is 11.6. The molecule has 1 saturated heterocycles. The number of likely N-dealkylation sites (tertiary alicyclic amines) is 1. The number of rotatable bonds is 4. The molecule has 1 N–H and O–H groups in total. The molecule has 1 fully saturated rings. The lowest BCUT2D eigenvalue weighted by Gasteiger charge is -2.20. The van der Waals surface area contributed by atoms with Crippen molar-refractivity contribution in [2.45, 2.75) is 40.2 Å². The van der Waals surface area contributed by atoms with Gasteiger partial charge >= 0.3 is 0 Å². The first-order chi connectivity index (χ1) is 11.7. The number of aryl methyl sites for hydroxylation is 2. The number of pyridine rings is 1. The van der Waals surface area contributed by atoms with Crippen molar-refractivity contribution in [3.63, 3.8) is 0 Å². The summed E-state index contributed by atoms with van der Waals surface area (Å²) in [6.07, 6.45) is 4.40. The highest BCUT2D eigenvalue weighted by Gasteiger charge is 2.15. The Morgan fingerprint density at radius 3 is 2.62 bits per heavy atom. The zero-order valence-corrected chi connectivity index (χ0v) is 14.8. The molecule has 128 valence electrons. The number of guanidine groups is 1. The van der Waals surface area contributed by atoms with Gasteiger partial charge in [0.25, 0.3) is 0 Å². The van der Waals surface area contributed by atoms with E-state index in [1.807, 2.05) is 30.8 Å². The third kappa shape index (κ3) is 3.75. The number of aromatic nitrogens is 3. The average molecular weight is 326 g/mol. The Hall–Kier alpha value is -2.37. The first kappa shape index (κ1) is 16.5. The van der Waals surface area contributed by atoms with Crippen molar-refractivity contribution in [1.82, 2.24) is 25.0 Å². The van der Waals surface area contributed by atoms with Gasteiger partial charge in [0.2, 0.25) is 0 Å². The molecule has 0 radical (unpaired) electrons. The predicted molar refractivity (Wildman–Crippen MR) is 96.5 cm³/mol. The van der Waals surface area contributed by atoms with Gasteiger partial charge in [-0.05, 0) is 51.3 Å². The van der Waals surface area contributed by atoms with E-state index in [0.717, 1.165) is 48.4 Å². The lowest BCUT2D eigenvalue weighted by atomic mass is 10.3. The van der Waals surface area contributed by atoms with E-state index in [2.05, 4.69) is 39.4 Å². The quantitative estimate of drug-likeness (QED) is 0.692. The lowest BCUT2D eigenvalue weighted by molar-refractivity contribution is 0.493. The molecule has 1 aliphatic rings. The van der Waals surface area contributed by atoms with Gasteiger partial charge in [0, 0.05) is 31.5 Å². The molecule has 2 aromatic rings. The smallest absolute Gasteiger partial charge is 0.194 e. The molecule has 0 saturated carbocycles. The van der Waals surface area contributed by atoms with Crippen molar-refractivity contribution < 1.29 is 0 Å². The third-order valence-corrected chi connectivity index (χ3v) is 4.19. The van der Waals surface area contributed by atoms with Gasteiger partial charge in [-0.1, -0.05) is 6.07 Å². The number of nitrogens with zero attached hydrogens (tertiary/aromatic N) is 5. The highest BCUT2D eigenvalue weighted by Crippen LogP contribution is 2.12. The summed E-state index contributed by atoms with van der Waals surface area (Å²) in [6.45, 7) is 9.87. The SMILES string of the molecule is CCNC(=NCc1ccc(-n2nc(C)cc2C)nc1)N1CCCC1. The summed E-state index contributed by atoms with van der Waals surface area (Å²) in [5.41, 5.74) is 3.20. The van der Waals surface area contributed by atoms with Gasteiger partial charge < -0.3 is 10.2 Å². The minimum absolute atomic E-state index is 0.642. The third-order valence-electron chi connectivity index (χ3n) is 4.19. The largest absolute Gasteiger partial charge is 0.357 e. The van der Waals surface area contributed by atoms with E-state index < -0.39 is 0 Å². The first-order valence-corrected chi connectivity index (χ1v) is 8.69. The fourth-order valence-corrected chi connectivity index (χ4v) is 3.02. The molecule has 3 rings (SSSR count). The van der Waals surface area contributed by atoms with Crippen LogP contribution in [0.1, 0.15) is 36.7 Å². The Kier molecular flexibility index (Phi) is 5.13. The number of hydrogen-bond donors (Lipinski definition) is 1. The predicted octanol–water partition coefficient (Wildman–Crippen LogP) is 2.45. The highest BCUT2D eigenvalue weighted by molar-refractivity contribution is 5.80. The van der Waals surface area contributed by atoms with E-state index in [-0.39, 0.29) is 0 Å². The average Bonchev–Trinajstić information content (AvgIpc) is 3.22. The van der Waals surface area contributed by atoms with Gasteiger partial charge in [0.05, 0.1) is 12.2 Å². The molecule has 0 bridgehead atoms.